The van der Waals surface area contributed by atoms with E-state index in [0.717, 1.165) is 0 Å². The lowest BCUT2D eigenvalue weighted by atomic mass is 10.7. The van der Waals surface area contributed by atoms with Crippen molar-refractivity contribution in [1.82, 2.24) is 20.2 Å². The monoisotopic (exact) mass is 139 g/mol. The van der Waals surface area contributed by atoms with Crippen LogP contribution in [0.5, 0.6) is 0 Å². The molecule has 0 spiro atoms. The number of rotatable bonds is 3. The van der Waals surface area contributed by atoms with Crippen LogP contribution in [0.2, 0.25) is 0 Å². The highest BCUT2D eigenvalue weighted by atomic mass is 15.5. The summed E-state index contributed by atoms with van der Waals surface area (Å²) < 4.78 is 1.49. The van der Waals surface area contributed by atoms with E-state index in [0.29, 0.717) is 13.1 Å². The number of azide groups is 1. The van der Waals surface area contributed by atoms with Crippen molar-refractivity contribution < 1.29 is 0 Å². The van der Waals surface area contributed by atoms with Gasteiger partial charge in [-0.3, -0.25) is 0 Å². The molecule has 0 aromatic carbocycles. The molecule has 0 aliphatic heterocycles. The lowest BCUT2D eigenvalue weighted by Crippen LogP contribution is -2.00. The molecule has 0 aliphatic rings. The molecule has 0 amide bonds. The van der Waals surface area contributed by atoms with Crippen LogP contribution in [-0.4, -0.2) is 26.8 Å². The lowest BCUT2D eigenvalue weighted by molar-refractivity contribution is 0.597. The molecule has 0 atom stereocenters. The predicted octanol–water partition coefficient (Wildman–Crippen LogP) is -0.0166. The second-order valence-electron chi connectivity index (χ2n) is 1.53. The molecule has 7 nitrogen and oxygen atoms in total. The van der Waals surface area contributed by atoms with E-state index >= 15 is 0 Å². The number of hydrogen-bond acceptors (Lipinski definition) is 4. The molecule has 0 radical (unpaired) electrons. The Kier molecular flexibility index (Phi) is 2.22. The molecule has 0 bridgehead atoms. The Balaban J connectivity index is 2.34. The minimum Gasteiger partial charge on any atom is -0.232 e. The standard InChI is InChI=1S/C3H5N7/c4-7-5-1-2-10-3-6-8-9-10/h3H,1-2H2. The normalized spacial score (nSPS) is 8.80. The summed E-state index contributed by atoms with van der Waals surface area (Å²) in [6.45, 7) is 0.901. The van der Waals surface area contributed by atoms with Gasteiger partial charge in [-0.2, -0.15) is 0 Å². The summed E-state index contributed by atoms with van der Waals surface area (Å²) in [5.74, 6) is 0. The van der Waals surface area contributed by atoms with Crippen LogP contribution >= 0.6 is 0 Å². The maximum absolute atomic E-state index is 7.89. The van der Waals surface area contributed by atoms with Crippen LogP contribution in [0.4, 0.5) is 0 Å². The first kappa shape index (κ1) is 6.50. The molecule has 1 aromatic heterocycles. The van der Waals surface area contributed by atoms with Crippen molar-refractivity contribution in [3.05, 3.63) is 16.8 Å². The van der Waals surface area contributed by atoms with Gasteiger partial charge in [0.25, 0.3) is 0 Å². The van der Waals surface area contributed by atoms with E-state index in [1.54, 1.807) is 0 Å². The predicted molar refractivity (Wildman–Crippen MR) is 31.8 cm³/mol. The van der Waals surface area contributed by atoms with E-state index in [1.165, 1.54) is 11.0 Å². The Morgan fingerprint density at radius 2 is 2.60 bits per heavy atom. The molecule has 0 fully saturated rings. The van der Waals surface area contributed by atoms with Crippen LogP contribution in [0.25, 0.3) is 10.4 Å². The summed E-state index contributed by atoms with van der Waals surface area (Å²) in [6.07, 6.45) is 1.47. The van der Waals surface area contributed by atoms with E-state index in [-0.39, 0.29) is 0 Å². The van der Waals surface area contributed by atoms with Crippen molar-refractivity contribution in [3.63, 3.8) is 0 Å². The number of hydrogen-bond donors (Lipinski definition) is 0. The fourth-order valence-corrected chi connectivity index (χ4v) is 0.475. The minimum atomic E-state index is 0.377. The molecular formula is C3H5N7. The van der Waals surface area contributed by atoms with Crippen LogP contribution in [0.15, 0.2) is 11.4 Å². The van der Waals surface area contributed by atoms with E-state index in [2.05, 4.69) is 25.6 Å². The van der Waals surface area contributed by atoms with E-state index in [9.17, 15) is 0 Å². The summed E-state index contributed by atoms with van der Waals surface area (Å²) in [5.41, 5.74) is 7.89. The van der Waals surface area contributed by atoms with Crippen molar-refractivity contribution in [1.29, 1.82) is 0 Å². The van der Waals surface area contributed by atoms with Crippen LogP contribution in [0, 0.1) is 0 Å². The molecule has 0 N–H and O–H groups in total. The fourth-order valence-electron chi connectivity index (χ4n) is 0.475. The molecule has 0 aliphatic carbocycles. The number of nitrogens with zero attached hydrogens (tertiary/aromatic N) is 7. The summed E-state index contributed by atoms with van der Waals surface area (Å²) >= 11 is 0. The smallest absolute Gasteiger partial charge is 0.138 e. The van der Waals surface area contributed by atoms with E-state index in [1.807, 2.05) is 0 Å². The maximum atomic E-state index is 7.89. The van der Waals surface area contributed by atoms with Gasteiger partial charge in [-0.15, -0.1) is 5.10 Å². The number of aromatic nitrogens is 4. The zero-order valence-electron chi connectivity index (χ0n) is 5.12. The summed E-state index contributed by atoms with van der Waals surface area (Å²) in [5, 5.41) is 13.7. The van der Waals surface area contributed by atoms with Crippen molar-refractivity contribution >= 4 is 0 Å². The van der Waals surface area contributed by atoms with Crippen molar-refractivity contribution in [2.45, 2.75) is 6.54 Å². The third-order valence-electron chi connectivity index (χ3n) is 0.884. The highest BCUT2D eigenvalue weighted by molar-refractivity contribution is 4.50. The van der Waals surface area contributed by atoms with Gasteiger partial charge in [-0.25, -0.2) is 4.68 Å². The molecule has 10 heavy (non-hydrogen) atoms. The fraction of sp³-hybridized carbons (Fsp3) is 0.667. The third-order valence-corrected chi connectivity index (χ3v) is 0.884. The molecule has 7 heteroatoms. The first-order chi connectivity index (χ1) is 4.93. The molecule has 1 aromatic rings. The van der Waals surface area contributed by atoms with Crippen molar-refractivity contribution in [2.75, 3.05) is 6.54 Å². The zero-order valence-corrected chi connectivity index (χ0v) is 5.12. The SMILES string of the molecule is [N-]=[N+]=NCCn1cnnn1. The topological polar surface area (TPSA) is 92.4 Å². The second-order valence-corrected chi connectivity index (χ2v) is 1.53. The van der Waals surface area contributed by atoms with Gasteiger partial charge in [0.05, 0.1) is 6.54 Å². The van der Waals surface area contributed by atoms with Gasteiger partial charge < -0.3 is 0 Å². The van der Waals surface area contributed by atoms with E-state index in [4.69, 9.17) is 5.53 Å². The first-order valence-corrected chi connectivity index (χ1v) is 2.65. The third kappa shape index (κ3) is 1.71. The summed E-state index contributed by atoms with van der Waals surface area (Å²) in [7, 11) is 0. The van der Waals surface area contributed by atoms with Crippen LogP contribution < -0.4 is 0 Å². The summed E-state index contributed by atoms with van der Waals surface area (Å²) in [4.78, 5) is 2.58. The van der Waals surface area contributed by atoms with Crippen LogP contribution in [-0.2, 0) is 6.54 Å². The molecule has 0 saturated heterocycles. The highest BCUT2D eigenvalue weighted by Gasteiger charge is 1.87. The Labute approximate surface area is 56.3 Å². The maximum Gasteiger partial charge on any atom is 0.138 e. The first-order valence-electron chi connectivity index (χ1n) is 2.65. The Morgan fingerprint density at radius 1 is 1.70 bits per heavy atom. The van der Waals surface area contributed by atoms with Gasteiger partial charge in [-0.05, 0) is 16.0 Å². The molecule has 0 unspecified atom stereocenters. The van der Waals surface area contributed by atoms with Gasteiger partial charge in [0.2, 0.25) is 0 Å². The van der Waals surface area contributed by atoms with Crippen molar-refractivity contribution in [3.8, 4) is 0 Å². The lowest BCUT2D eigenvalue weighted by Gasteiger charge is -1.89. The molecule has 0 saturated carbocycles. The molecular weight excluding hydrogens is 134 g/mol. The molecule has 52 valence electrons. The average Bonchev–Trinajstić information content (AvgIpc) is 2.41. The molecule has 1 rings (SSSR count). The summed E-state index contributed by atoms with van der Waals surface area (Å²) in [6, 6.07) is 0. The van der Waals surface area contributed by atoms with Crippen LogP contribution in [0.3, 0.4) is 0 Å². The highest BCUT2D eigenvalue weighted by Crippen LogP contribution is 1.78. The zero-order chi connectivity index (χ0) is 7.23. The van der Waals surface area contributed by atoms with E-state index < -0.39 is 0 Å². The number of tetrazole rings is 1. The molecule has 1 heterocycles. The Hall–Kier alpha value is -1.62. The minimum absolute atomic E-state index is 0.377. The Bertz CT molecular complexity index is 219. The second kappa shape index (κ2) is 3.41. The quantitative estimate of drug-likeness (QED) is 0.334. The van der Waals surface area contributed by atoms with Gasteiger partial charge in [0.15, 0.2) is 0 Å². The van der Waals surface area contributed by atoms with Gasteiger partial charge in [0, 0.05) is 11.5 Å². The largest absolute Gasteiger partial charge is 0.232 e. The van der Waals surface area contributed by atoms with Crippen LogP contribution in [0.1, 0.15) is 0 Å². The van der Waals surface area contributed by atoms with Gasteiger partial charge in [0.1, 0.15) is 6.33 Å². The van der Waals surface area contributed by atoms with Gasteiger partial charge in [-0.1, -0.05) is 5.11 Å². The Morgan fingerprint density at radius 3 is 3.20 bits per heavy atom. The van der Waals surface area contributed by atoms with Gasteiger partial charge >= 0.3 is 0 Å². The van der Waals surface area contributed by atoms with Crippen molar-refractivity contribution in [2.24, 2.45) is 5.11 Å². The average molecular weight is 139 g/mol.